The minimum absolute atomic E-state index is 0.135. The van der Waals surface area contributed by atoms with E-state index in [-0.39, 0.29) is 18.1 Å². The maximum Gasteiger partial charge on any atom is 0.271 e. The zero-order valence-electron chi connectivity index (χ0n) is 13.6. The van der Waals surface area contributed by atoms with Crippen LogP contribution in [0.1, 0.15) is 23.8 Å². The molecule has 7 nitrogen and oxygen atoms in total. The minimum atomic E-state index is -0.136. The number of aromatic nitrogens is 3. The molecule has 7 heteroatoms. The first-order valence-corrected chi connectivity index (χ1v) is 8.33. The molecule has 1 aromatic heterocycles. The van der Waals surface area contributed by atoms with Crippen LogP contribution in [0.15, 0.2) is 36.5 Å². The molecular formula is C17H21N5O2. The summed E-state index contributed by atoms with van der Waals surface area (Å²) in [6.07, 6.45) is 2.70. The van der Waals surface area contributed by atoms with E-state index in [0.717, 1.165) is 31.8 Å². The Balaban J connectivity index is 1.45. The second-order valence-electron chi connectivity index (χ2n) is 6.52. The molecule has 3 atom stereocenters. The number of ether oxygens (including phenoxy) is 1. The smallest absolute Gasteiger partial charge is 0.271 e. The summed E-state index contributed by atoms with van der Waals surface area (Å²) in [4.78, 5) is 15.1. The Morgan fingerprint density at radius 3 is 2.96 bits per heavy atom. The second kappa shape index (κ2) is 6.33. The van der Waals surface area contributed by atoms with Crippen LogP contribution >= 0.6 is 0 Å². The highest BCUT2D eigenvalue weighted by Gasteiger charge is 2.37. The lowest BCUT2D eigenvalue weighted by Gasteiger charge is -2.33. The number of benzene rings is 1. The molecule has 0 radical (unpaired) electrons. The second-order valence-corrected chi connectivity index (χ2v) is 6.52. The molecular weight excluding hydrogens is 306 g/mol. The van der Waals surface area contributed by atoms with Crippen LogP contribution in [-0.2, 0) is 4.74 Å². The zero-order chi connectivity index (χ0) is 16.5. The van der Waals surface area contributed by atoms with Crippen molar-refractivity contribution in [1.82, 2.24) is 25.2 Å². The van der Waals surface area contributed by atoms with Crippen molar-refractivity contribution in [3.63, 3.8) is 0 Å². The van der Waals surface area contributed by atoms with E-state index in [1.165, 1.54) is 6.20 Å². The number of amides is 1. The number of hydrogen-bond acceptors (Lipinski definition) is 5. The predicted octanol–water partition coefficient (Wildman–Crippen LogP) is 0.859. The SMILES string of the molecule is C[C@H]1CN2C[C@H](NC(=O)c3cnnn3-c3ccccc3)C[C@H]2CO1. The third-order valence-corrected chi connectivity index (χ3v) is 4.71. The largest absolute Gasteiger partial charge is 0.376 e. The standard InChI is InChI=1S/C17H21N5O2/c1-12-9-21-10-13(7-15(21)11-24-12)19-17(23)16-8-18-20-22(16)14-5-3-2-4-6-14/h2-6,8,12-13,15H,7,9-11H2,1H3,(H,19,23)/t12-,13+,15-/m0/s1. The topological polar surface area (TPSA) is 72.3 Å². The molecule has 2 fully saturated rings. The van der Waals surface area contributed by atoms with Crippen LogP contribution < -0.4 is 5.32 Å². The predicted molar refractivity (Wildman–Crippen MR) is 88.0 cm³/mol. The molecule has 4 rings (SSSR count). The number of carbonyl (C=O) groups is 1. The van der Waals surface area contributed by atoms with Crippen molar-refractivity contribution in [3.05, 3.63) is 42.2 Å². The molecule has 0 unspecified atom stereocenters. The monoisotopic (exact) mass is 327 g/mol. The van der Waals surface area contributed by atoms with E-state index in [1.807, 2.05) is 30.3 Å². The molecule has 0 spiro atoms. The van der Waals surface area contributed by atoms with Gasteiger partial charge >= 0.3 is 0 Å². The fourth-order valence-corrected chi connectivity index (χ4v) is 3.55. The lowest BCUT2D eigenvalue weighted by Crippen LogP contribution is -2.45. The molecule has 24 heavy (non-hydrogen) atoms. The molecule has 1 N–H and O–H groups in total. The van der Waals surface area contributed by atoms with Crippen molar-refractivity contribution in [2.75, 3.05) is 19.7 Å². The van der Waals surface area contributed by atoms with Crippen LogP contribution in [0, 0.1) is 0 Å². The number of para-hydroxylation sites is 1. The Bertz CT molecular complexity index is 717. The third kappa shape index (κ3) is 2.92. The maximum absolute atomic E-state index is 12.7. The molecule has 0 bridgehead atoms. The average molecular weight is 327 g/mol. The summed E-state index contributed by atoms with van der Waals surface area (Å²) in [7, 11) is 0. The van der Waals surface area contributed by atoms with Crippen LogP contribution in [0.3, 0.4) is 0 Å². The van der Waals surface area contributed by atoms with Gasteiger partial charge in [-0.1, -0.05) is 23.4 Å². The van der Waals surface area contributed by atoms with E-state index in [4.69, 9.17) is 4.74 Å². The van der Waals surface area contributed by atoms with Crippen molar-refractivity contribution in [2.24, 2.45) is 0 Å². The van der Waals surface area contributed by atoms with Gasteiger partial charge < -0.3 is 10.1 Å². The molecule has 2 aliphatic heterocycles. The number of fused-ring (bicyclic) bond motifs is 1. The first-order valence-electron chi connectivity index (χ1n) is 8.33. The van der Waals surface area contributed by atoms with Gasteiger partial charge in [-0.3, -0.25) is 9.69 Å². The highest BCUT2D eigenvalue weighted by atomic mass is 16.5. The summed E-state index contributed by atoms with van der Waals surface area (Å²) in [6, 6.07) is 10.1. The van der Waals surface area contributed by atoms with Gasteiger partial charge in [-0.15, -0.1) is 5.10 Å². The van der Waals surface area contributed by atoms with E-state index in [2.05, 4.69) is 27.5 Å². The van der Waals surface area contributed by atoms with E-state index in [1.54, 1.807) is 4.68 Å². The van der Waals surface area contributed by atoms with Gasteiger partial charge in [0.2, 0.25) is 0 Å². The van der Waals surface area contributed by atoms with Gasteiger partial charge in [0.25, 0.3) is 5.91 Å². The number of hydrogen-bond donors (Lipinski definition) is 1. The van der Waals surface area contributed by atoms with E-state index in [9.17, 15) is 4.79 Å². The highest BCUT2D eigenvalue weighted by molar-refractivity contribution is 5.93. The highest BCUT2D eigenvalue weighted by Crippen LogP contribution is 2.23. The van der Waals surface area contributed by atoms with Crippen molar-refractivity contribution in [3.8, 4) is 5.69 Å². The van der Waals surface area contributed by atoms with Gasteiger partial charge in [-0.05, 0) is 25.5 Å². The Kier molecular flexibility index (Phi) is 4.03. The Morgan fingerprint density at radius 1 is 1.29 bits per heavy atom. The Morgan fingerprint density at radius 2 is 2.12 bits per heavy atom. The van der Waals surface area contributed by atoms with Crippen LogP contribution in [0.25, 0.3) is 5.69 Å². The molecule has 2 saturated heterocycles. The summed E-state index contributed by atoms with van der Waals surface area (Å²) < 4.78 is 7.29. The van der Waals surface area contributed by atoms with Gasteiger partial charge in [-0.25, -0.2) is 4.68 Å². The number of morpholine rings is 1. The minimum Gasteiger partial charge on any atom is -0.376 e. The fraction of sp³-hybridized carbons (Fsp3) is 0.471. The van der Waals surface area contributed by atoms with Crippen LogP contribution in [0.4, 0.5) is 0 Å². The summed E-state index contributed by atoms with van der Waals surface area (Å²) in [5.74, 6) is -0.136. The normalized spacial score (nSPS) is 27.0. The summed E-state index contributed by atoms with van der Waals surface area (Å²) in [5.41, 5.74) is 1.28. The number of rotatable bonds is 3. The fourth-order valence-electron chi connectivity index (χ4n) is 3.55. The Hall–Kier alpha value is -2.25. The van der Waals surface area contributed by atoms with Gasteiger partial charge in [0.1, 0.15) is 0 Å². The molecule has 2 aromatic rings. The van der Waals surface area contributed by atoms with E-state index < -0.39 is 0 Å². The Labute approximate surface area is 140 Å². The molecule has 1 aromatic carbocycles. The van der Waals surface area contributed by atoms with Crippen molar-refractivity contribution >= 4 is 5.91 Å². The average Bonchev–Trinajstić information content (AvgIpc) is 3.21. The van der Waals surface area contributed by atoms with Crippen LogP contribution in [-0.4, -0.2) is 63.7 Å². The first kappa shape index (κ1) is 15.3. The molecule has 2 aliphatic rings. The van der Waals surface area contributed by atoms with Gasteiger partial charge in [-0.2, -0.15) is 0 Å². The van der Waals surface area contributed by atoms with Crippen LogP contribution in [0.5, 0.6) is 0 Å². The van der Waals surface area contributed by atoms with E-state index >= 15 is 0 Å². The van der Waals surface area contributed by atoms with Gasteiger partial charge in [0, 0.05) is 25.2 Å². The van der Waals surface area contributed by atoms with Gasteiger partial charge in [0.05, 0.1) is 24.6 Å². The van der Waals surface area contributed by atoms with Crippen molar-refractivity contribution < 1.29 is 9.53 Å². The number of carbonyl (C=O) groups excluding carboxylic acids is 1. The lowest BCUT2D eigenvalue weighted by molar-refractivity contribution is -0.0390. The lowest BCUT2D eigenvalue weighted by atomic mass is 10.1. The zero-order valence-corrected chi connectivity index (χ0v) is 13.6. The number of nitrogens with zero attached hydrogens (tertiary/aromatic N) is 4. The number of nitrogens with one attached hydrogen (secondary N) is 1. The van der Waals surface area contributed by atoms with Crippen LogP contribution in [0.2, 0.25) is 0 Å². The molecule has 126 valence electrons. The molecule has 3 heterocycles. The van der Waals surface area contributed by atoms with Crippen molar-refractivity contribution in [1.29, 1.82) is 0 Å². The molecule has 0 aliphatic carbocycles. The summed E-state index contributed by atoms with van der Waals surface area (Å²) in [5, 5.41) is 11.1. The molecule has 0 saturated carbocycles. The maximum atomic E-state index is 12.7. The third-order valence-electron chi connectivity index (χ3n) is 4.71. The summed E-state index contributed by atoms with van der Waals surface area (Å²) in [6.45, 7) is 4.64. The van der Waals surface area contributed by atoms with Crippen molar-refractivity contribution in [2.45, 2.75) is 31.5 Å². The van der Waals surface area contributed by atoms with Gasteiger partial charge in [0.15, 0.2) is 5.69 Å². The first-order chi connectivity index (χ1) is 11.7. The summed E-state index contributed by atoms with van der Waals surface area (Å²) >= 11 is 0. The quantitative estimate of drug-likeness (QED) is 0.905. The molecule has 1 amide bonds. The van der Waals surface area contributed by atoms with E-state index in [0.29, 0.717) is 11.7 Å².